The standard InChI is InChI=1S/C22H17N7O3S/c1-13-18(21(30)25-14-6-4-10-23-12-14)19(15-7-2-3-8-16(15)29(31)32)28-22(24-13)26-20(27-28)17-9-5-11-33-17/h2-12,19H,1H3,(H,25,30)(H,24,26,27). The highest BCUT2D eigenvalue weighted by atomic mass is 32.1. The van der Waals surface area contributed by atoms with Gasteiger partial charge >= 0.3 is 0 Å². The molecule has 1 aliphatic rings. The Kier molecular flexibility index (Phi) is 5.15. The molecule has 0 fully saturated rings. The van der Waals surface area contributed by atoms with Gasteiger partial charge in [0.05, 0.1) is 32.8 Å². The smallest absolute Gasteiger partial charge is 0.275 e. The Morgan fingerprint density at radius 2 is 2.06 bits per heavy atom. The molecule has 0 aliphatic carbocycles. The zero-order chi connectivity index (χ0) is 22.9. The van der Waals surface area contributed by atoms with E-state index in [-0.39, 0.29) is 5.69 Å². The Balaban J connectivity index is 1.66. The highest BCUT2D eigenvalue weighted by Crippen LogP contribution is 2.40. The van der Waals surface area contributed by atoms with Gasteiger partial charge in [-0.3, -0.25) is 19.9 Å². The van der Waals surface area contributed by atoms with Gasteiger partial charge in [0.1, 0.15) is 6.04 Å². The largest absolute Gasteiger partial charge is 0.328 e. The molecule has 2 N–H and O–H groups in total. The average Bonchev–Trinajstić information content (AvgIpc) is 3.48. The van der Waals surface area contributed by atoms with Crippen LogP contribution in [-0.4, -0.2) is 30.6 Å². The van der Waals surface area contributed by atoms with Gasteiger partial charge in [0.15, 0.2) is 5.82 Å². The summed E-state index contributed by atoms with van der Waals surface area (Å²) in [6, 6.07) is 12.7. The topological polar surface area (TPSA) is 128 Å². The summed E-state index contributed by atoms with van der Waals surface area (Å²) in [4.78, 5) is 34.2. The summed E-state index contributed by atoms with van der Waals surface area (Å²) in [6.45, 7) is 1.74. The summed E-state index contributed by atoms with van der Waals surface area (Å²) >= 11 is 1.48. The number of hydrogen-bond donors (Lipinski definition) is 2. The molecule has 3 aromatic heterocycles. The van der Waals surface area contributed by atoms with Crippen molar-refractivity contribution in [3.63, 3.8) is 0 Å². The van der Waals surface area contributed by atoms with E-state index in [0.717, 1.165) is 4.88 Å². The molecule has 4 aromatic rings. The molecule has 4 heterocycles. The Labute approximate surface area is 191 Å². The second-order valence-electron chi connectivity index (χ2n) is 7.26. The molecule has 5 rings (SSSR count). The third-order valence-electron chi connectivity index (χ3n) is 5.19. The lowest BCUT2D eigenvalue weighted by Crippen LogP contribution is -2.32. The van der Waals surface area contributed by atoms with Crippen LogP contribution in [0.15, 0.2) is 77.6 Å². The number of carbonyl (C=O) groups is 1. The number of benzene rings is 1. The van der Waals surface area contributed by atoms with Gasteiger partial charge in [-0.15, -0.1) is 16.4 Å². The van der Waals surface area contributed by atoms with E-state index in [0.29, 0.717) is 34.3 Å². The Bertz CT molecular complexity index is 1380. The summed E-state index contributed by atoms with van der Waals surface area (Å²) in [6.07, 6.45) is 3.13. The number of nitrogens with zero attached hydrogens (tertiary/aromatic N) is 5. The fourth-order valence-corrected chi connectivity index (χ4v) is 4.42. The second kappa shape index (κ2) is 8.28. The number of fused-ring (bicyclic) bond motifs is 1. The van der Waals surface area contributed by atoms with Gasteiger partial charge in [-0.05, 0) is 36.6 Å². The molecule has 33 heavy (non-hydrogen) atoms. The number of nitro benzene ring substituents is 1. The molecule has 1 amide bonds. The molecule has 10 nitrogen and oxygen atoms in total. The van der Waals surface area contributed by atoms with E-state index in [9.17, 15) is 14.9 Å². The van der Waals surface area contributed by atoms with E-state index in [1.807, 2.05) is 17.5 Å². The normalized spacial score (nSPS) is 15.0. The minimum absolute atomic E-state index is 0.108. The fraction of sp³-hybridized carbons (Fsp3) is 0.0909. The van der Waals surface area contributed by atoms with Gasteiger partial charge in [0.2, 0.25) is 5.95 Å². The molecule has 0 bridgehead atoms. The molecule has 0 spiro atoms. The lowest BCUT2D eigenvalue weighted by molar-refractivity contribution is -0.385. The fourth-order valence-electron chi connectivity index (χ4n) is 3.76. The predicted molar refractivity (Wildman–Crippen MR) is 124 cm³/mol. The van der Waals surface area contributed by atoms with Gasteiger partial charge in [0, 0.05) is 18.0 Å². The quantitative estimate of drug-likeness (QED) is 0.337. The highest BCUT2D eigenvalue weighted by molar-refractivity contribution is 7.13. The number of para-hydroxylation sites is 1. The van der Waals surface area contributed by atoms with Gasteiger partial charge in [-0.1, -0.05) is 18.2 Å². The molecular formula is C22H17N7O3S. The number of nitro groups is 1. The van der Waals surface area contributed by atoms with E-state index < -0.39 is 16.9 Å². The maximum absolute atomic E-state index is 13.4. The number of allylic oxidation sites excluding steroid dienone is 1. The van der Waals surface area contributed by atoms with Crippen LogP contribution >= 0.6 is 11.3 Å². The van der Waals surface area contributed by atoms with Crippen molar-refractivity contribution in [2.24, 2.45) is 0 Å². The Morgan fingerprint density at radius 3 is 2.79 bits per heavy atom. The molecule has 1 unspecified atom stereocenters. The molecule has 1 aromatic carbocycles. The van der Waals surface area contributed by atoms with Crippen LogP contribution in [0.2, 0.25) is 0 Å². The maximum Gasteiger partial charge on any atom is 0.275 e. The number of aromatic nitrogens is 4. The summed E-state index contributed by atoms with van der Waals surface area (Å²) in [5, 5.41) is 24.3. The molecule has 164 valence electrons. The van der Waals surface area contributed by atoms with Crippen molar-refractivity contribution < 1.29 is 9.72 Å². The monoisotopic (exact) mass is 459 g/mol. The van der Waals surface area contributed by atoms with Crippen LogP contribution in [0.25, 0.3) is 10.7 Å². The van der Waals surface area contributed by atoms with E-state index in [1.54, 1.807) is 43.5 Å². The number of thiophene rings is 1. The van der Waals surface area contributed by atoms with Gasteiger partial charge in [-0.2, -0.15) is 4.98 Å². The molecule has 1 atom stereocenters. The number of pyridine rings is 1. The van der Waals surface area contributed by atoms with E-state index in [4.69, 9.17) is 0 Å². The van der Waals surface area contributed by atoms with E-state index >= 15 is 0 Å². The van der Waals surface area contributed by atoms with Crippen LogP contribution in [0.1, 0.15) is 18.5 Å². The molecule has 1 aliphatic heterocycles. The number of hydrogen-bond acceptors (Lipinski definition) is 8. The van der Waals surface area contributed by atoms with Crippen molar-refractivity contribution in [3.8, 4) is 10.7 Å². The predicted octanol–water partition coefficient (Wildman–Crippen LogP) is 4.24. The van der Waals surface area contributed by atoms with Crippen molar-refractivity contribution in [1.82, 2.24) is 19.7 Å². The summed E-state index contributed by atoms with van der Waals surface area (Å²) < 4.78 is 1.53. The SMILES string of the molecule is CC1=C(C(=O)Nc2cccnc2)C(c2ccccc2[N+](=O)[O-])n2nc(-c3cccs3)nc2N1. The lowest BCUT2D eigenvalue weighted by atomic mass is 9.93. The lowest BCUT2D eigenvalue weighted by Gasteiger charge is -2.28. The number of carbonyl (C=O) groups excluding carboxylic acids is 1. The van der Waals surface area contributed by atoms with Crippen LogP contribution in [-0.2, 0) is 4.79 Å². The summed E-state index contributed by atoms with van der Waals surface area (Å²) in [7, 11) is 0. The minimum atomic E-state index is -0.860. The van der Waals surface area contributed by atoms with Crippen molar-refractivity contribution >= 4 is 34.6 Å². The summed E-state index contributed by atoms with van der Waals surface area (Å²) in [5.41, 5.74) is 1.56. The first-order valence-electron chi connectivity index (χ1n) is 9.96. The second-order valence-corrected chi connectivity index (χ2v) is 8.21. The number of rotatable bonds is 5. The first-order valence-corrected chi connectivity index (χ1v) is 10.8. The molecule has 0 radical (unpaired) electrons. The van der Waals surface area contributed by atoms with Crippen LogP contribution in [0.4, 0.5) is 17.3 Å². The first-order chi connectivity index (χ1) is 16.0. The van der Waals surface area contributed by atoms with Gasteiger partial charge in [0.25, 0.3) is 11.6 Å². The van der Waals surface area contributed by atoms with Crippen molar-refractivity contribution in [2.75, 3.05) is 10.6 Å². The zero-order valence-electron chi connectivity index (χ0n) is 17.3. The Morgan fingerprint density at radius 1 is 1.21 bits per heavy atom. The van der Waals surface area contributed by atoms with Crippen LogP contribution < -0.4 is 10.6 Å². The summed E-state index contributed by atoms with van der Waals surface area (Å²) in [5.74, 6) is 0.449. The first kappa shape index (κ1) is 20.5. The van der Waals surface area contributed by atoms with Crippen LogP contribution in [0, 0.1) is 10.1 Å². The van der Waals surface area contributed by atoms with Crippen molar-refractivity contribution in [2.45, 2.75) is 13.0 Å². The molecular weight excluding hydrogens is 442 g/mol. The molecule has 0 saturated heterocycles. The zero-order valence-corrected chi connectivity index (χ0v) is 18.1. The molecule has 11 heteroatoms. The number of amides is 1. The number of nitrogens with one attached hydrogen (secondary N) is 2. The molecule has 0 saturated carbocycles. The third kappa shape index (κ3) is 3.74. The van der Waals surface area contributed by atoms with Crippen LogP contribution in [0.5, 0.6) is 0 Å². The van der Waals surface area contributed by atoms with Gasteiger partial charge < -0.3 is 10.6 Å². The highest BCUT2D eigenvalue weighted by Gasteiger charge is 2.37. The minimum Gasteiger partial charge on any atom is -0.328 e. The van der Waals surface area contributed by atoms with E-state index in [1.165, 1.54) is 28.3 Å². The van der Waals surface area contributed by atoms with Crippen molar-refractivity contribution in [1.29, 1.82) is 0 Å². The van der Waals surface area contributed by atoms with Crippen molar-refractivity contribution in [3.05, 3.63) is 93.3 Å². The maximum atomic E-state index is 13.4. The average molecular weight is 459 g/mol. The van der Waals surface area contributed by atoms with Gasteiger partial charge in [-0.25, -0.2) is 4.68 Å². The number of anilines is 2. The Hall–Kier alpha value is -4.38. The third-order valence-corrected chi connectivity index (χ3v) is 6.05. The van der Waals surface area contributed by atoms with Crippen LogP contribution in [0.3, 0.4) is 0 Å². The van der Waals surface area contributed by atoms with E-state index in [2.05, 4.69) is 25.7 Å².